The van der Waals surface area contributed by atoms with Gasteiger partial charge in [-0.2, -0.15) is 5.10 Å². The van der Waals surface area contributed by atoms with Gasteiger partial charge in [-0.1, -0.05) is 6.07 Å². The van der Waals surface area contributed by atoms with Gasteiger partial charge in [0.1, 0.15) is 17.8 Å². The van der Waals surface area contributed by atoms with Crippen LogP contribution in [0.2, 0.25) is 0 Å². The van der Waals surface area contributed by atoms with Gasteiger partial charge in [0.05, 0.1) is 5.69 Å². The van der Waals surface area contributed by atoms with E-state index >= 15 is 0 Å². The maximum absolute atomic E-state index is 6.20. The Morgan fingerprint density at radius 1 is 1.09 bits per heavy atom. The van der Waals surface area contributed by atoms with E-state index in [1.165, 1.54) is 6.33 Å². The Hall–Kier alpha value is -2.96. The van der Waals surface area contributed by atoms with E-state index in [-0.39, 0.29) is 0 Å². The zero-order valence-electron chi connectivity index (χ0n) is 12.7. The monoisotopic (exact) mass is 295 g/mol. The molecule has 0 aliphatic heterocycles. The van der Waals surface area contributed by atoms with Gasteiger partial charge in [-0.05, 0) is 38.5 Å². The summed E-state index contributed by atoms with van der Waals surface area (Å²) in [5.74, 6) is 1.74. The highest BCUT2D eigenvalue weighted by molar-refractivity contribution is 5.72. The zero-order valence-corrected chi connectivity index (χ0v) is 12.7. The lowest BCUT2D eigenvalue weighted by Crippen LogP contribution is -2.10. The number of nitrogen functional groups attached to an aromatic ring is 1. The summed E-state index contributed by atoms with van der Waals surface area (Å²) >= 11 is 0. The molecule has 0 aromatic carbocycles. The van der Waals surface area contributed by atoms with E-state index in [1.54, 1.807) is 10.9 Å². The number of hydrogen-bond acceptors (Lipinski definition) is 6. The van der Waals surface area contributed by atoms with E-state index in [2.05, 4.69) is 25.4 Å². The Kier molecular flexibility index (Phi) is 3.46. The molecule has 3 aromatic rings. The third kappa shape index (κ3) is 2.60. The molecule has 0 aliphatic rings. The molecule has 0 radical (unpaired) electrons. The molecule has 0 bridgehead atoms. The predicted molar refractivity (Wildman–Crippen MR) is 85.3 cm³/mol. The molecule has 0 saturated heterocycles. The first-order valence-electron chi connectivity index (χ1n) is 6.88. The molecule has 7 nitrogen and oxygen atoms in total. The topological polar surface area (TPSA) is 94.5 Å². The van der Waals surface area contributed by atoms with Gasteiger partial charge in [-0.3, -0.25) is 0 Å². The molecule has 7 heteroatoms. The van der Waals surface area contributed by atoms with Crippen molar-refractivity contribution >= 4 is 17.3 Å². The van der Waals surface area contributed by atoms with Gasteiger partial charge in [0.2, 0.25) is 0 Å². The number of aromatic nitrogens is 5. The summed E-state index contributed by atoms with van der Waals surface area (Å²) in [6.45, 7) is 5.86. The van der Waals surface area contributed by atoms with E-state index in [9.17, 15) is 0 Å². The van der Waals surface area contributed by atoms with Crippen molar-refractivity contribution in [2.45, 2.75) is 20.8 Å². The van der Waals surface area contributed by atoms with Crippen molar-refractivity contribution in [1.82, 2.24) is 24.7 Å². The third-order valence-corrected chi connectivity index (χ3v) is 3.23. The van der Waals surface area contributed by atoms with Crippen LogP contribution in [-0.4, -0.2) is 24.7 Å². The smallest absolute Gasteiger partial charge is 0.182 e. The second-order valence-electron chi connectivity index (χ2n) is 5.14. The average molecular weight is 295 g/mol. The average Bonchev–Trinajstić information content (AvgIpc) is 2.82. The summed E-state index contributed by atoms with van der Waals surface area (Å²) in [4.78, 5) is 12.7. The van der Waals surface area contributed by atoms with Crippen LogP contribution in [0.25, 0.3) is 5.82 Å². The maximum Gasteiger partial charge on any atom is 0.182 e. The van der Waals surface area contributed by atoms with Crippen molar-refractivity contribution in [2.75, 3.05) is 11.1 Å². The van der Waals surface area contributed by atoms with Crippen LogP contribution in [0.1, 0.15) is 17.0 Å². The summed E-state index contributed by atoms with van der Waals surface area (Å²) in [6.07, 6.45) is 3.24. The van der Waals surface area contributed by atoms with Crippen LogP contribution in [0.5, 0.6) is 0 Å². The normalized spacial score (nSPS) is 10.7. The number of anilines is 3. The Morgan fingerprint density at radius 3 is 2.55 bits per heavy atom. The second-order valence-corrected chi connectivity index (χ2v) is 5.14. The summed E-state index contributed by atoms with van der Waals surface area (Å²) in [7, 11) is 0. The molecule has 0 spiro atoms. The summed E-state index contributed by atoms with van der Waals surface area (Å²) in [5.41, 5.74) is 9.58. The van der Waals surface area contributed by atoms with Gasteiger partial charge in [-0.15, -0.1) is 0 Å². The molecule has 3 rings (SSSR count). The number of hydrogen-bond donors (Lipinski definition) is 2. The van der Waals surface area contributed by atoms with Gasteiger partial charge < -0.3 is 11.1 Å². The van der Waals surface area contributed by atoms with Gasteiger partial charge >= 0.3 is 0 Å². The highest BCUT2D eigenvalue weighted by atomic mass is 15.3. The highest BCUT2D eigenvalue weighted by Gasteiger charge is 2.13. The van der Waals surface area contributed by atoms with E-state index in [1.807, 2.05) is 39.0 Å². The SMILES string of the molecule is Cc1ccc(Nc2ncnc(-n3nc(C)cc3C)c2N)nc1. The number of nitrogens with zero attached hydrogens (tertiary/aromatic N) is 5. The van der Waals surface area contributed by atoms with Crippen LogP contribution >= 0.6 is 0 Å². The molecule has 3 heterocycles. The van der Waals surface area contributed by atoms with Crippen molar-refractivity contribution in [3.8, 4) is 5.82 Å². The molecule has 0 fully saturated rings. The van der Waals surface area contributed by atoms with Crippen LogP contribution in [0.3, 0.4) is 0 Å². The number of aryl methyl sites for hydroxylation is 3. The molecule has 0 atom stereocenters. The minimum atomic E-state index is 0.427. The highest BCUT2D eigenvalue weighted by Crippen LogP contribution is 2.24. The predicted octanol–water partition coefficient (Wildman–Crippen LogP) is 2.31. The maximum atomic E-state index is 6.20. The summed E-state index contributed by atoms with van der Waals surface area (Å²) in [6, 6.07) is 5.81. The fraction of sp³-hybridized carbons (Fsp3) is 0.200. The second kappa shape index (κ2) is 5.44. The quantitative estimate of drug-likeness (QED) is 0.770. The van der Waals surface area contributed by atoms with Crippen molar-refractivity contribution in [1.29, 1.82) is 0 Å². The van der Waals surface area contributed by atoms with Crippen LogP contribution in [0.15, 0.2) is 30.7 Å². The minimum Gasteiger partial charge on any atom is -0.393 e. The van der Waals surface area contributed by atoms with Gasteiger partial charge in [0, 0.05) is 11.9 Å². The first-order valence-corrected chi connectivity index (χ1v) is 6.88. The molecule has 3 N–H and O–H groups in total. The lowest BCUT2D eigenvalue weighted by molar-refractivity contribution is 0.804. The largest absolute Gasteiger partial charge is 0.393 e. The first kappa shape index (κ1) is 14.0. The fourth-order valence-electron chi connectivity index (χ4n) is 2.16. The number of nitrogens with two attached hydrogens (primary N) is 1. The van der Waals surface area contributed by atoms with Crippen LogP contribution in [0, 0.1) is 20.8 Å². The molecule has 112 valence electrons. The molecule has 0 saturated carbocycles. The van der Waals surface area contributed by atoms with Crippen LogP contribution in [-0.2, 0) is 0 Å². The number of pyridine rings is 1. The van der Waals surface area contributed by atoms with E-state index in [0.717, 1.165) is 17.0 Å². The molecule has 3 aromatic heterocycles. The van der Waals surface area contributed by atoms with E-state index in [0.29, 0.717) is 23.1 Å². The molecular weight excluding hydrogens is 278 g/mol. The van der Waals surface area contributed by atoms with Crippen molar-refractivity contribution < 1.29 is 0 Å². The van der Waals surface area contributed by atoms with Crippen LogP contribution in [0.4, 0.5) is 17.3 Å². The van der Waals surface area contributed by atoms with Crippen molar-refractivity contribution in [2.24, 2.45) is 0 Å². The summed E-state index contributed by atoms with van der Waals surface area (Å²) in [5, 5.41) is 7.51. The Morgan fingerprint density at radius 2 is 1.91 bits per heavy atom. The third-order valence-electron chi connectivity index (χ3n) is 3.23. The lowest BCUT2D eigenvalue weighted by atomic mass is 10.3. The lowest BCUT2D eigenvalue weighted by Gasteiger charge is -2.11. The number of nitrogens with one attached hydrogen (secondary N) is 1. The Labute approximate surface area is 128 Å². The van der Waals surface area contributed by atoms with Crippen molar-refractivity contribution in [3.63, 3.8) is 0 Å². The zero-order chi connectivity index (χ0) is 15.7. The standard InChI is InChI=1S/C15H17N7/c1-9-4-5-12(17-7-9)20-14-13(16)15(19-8-18-14)22-11(3)6-10(2)21-22/h4-8H,16H2,1-3H3,(H,17,18,19,20). The molecule has 22 heavy (non-hydrogen) atoms. The first-order chi connectivity index (χ1) is 10.5. The van der Waals surface area contributed by atoms with E-state index in [4.69, 9.17) is 5.73 Å². The molecular formula is C15H17N7. The van der Waals surface area contributed by atoms with Crippen LogP contribution < -0.4 is 11.1 Å². The number of rotatable bonds is 3. The van der Waals surface area contributed by atoms with Gasteiger partial charge in [0.25, 0.3) is 0 Å². The van der Waals surface area contributed by atoms with Gasteiger partial charge in [0.15, 0.2) is 11.6 Å². The minimum absolute atomic E-state index is 0.427. The Balaban J connectivity index is 1.98. The Bertz CT molecular complexity index is 805. The molecule has 0 amide bonds. The van der Waals surface area contributed by atoms with Crippen molar-refractivity contribution in [3.05, 3.63) is 47.7 Å². The van der Waals surface area contributed by atoms with Gasteiger partial charge in [-0.25, -0.2) is 19.6 Å². The molecule has 0 unspecified atom stereocenters. The summed E-state index contributed by atoms with van der Waals surface area (Å²) < 4.78 is 1.71. The molecule has 0 aliphatic carbocycles. The fourth-order valence-corrected chi connectivity index (χ4v) is 2.16. The van der Waals surface area contributed by atoms with E-state index < -0.39 is 0 Å².